The zero-order valence-corrected chi connectivity index (χ0v) is 18.4. The van der Waals surface area contributed by atoms with Crippen molar-refractivity contribution in [2.45, 2.75) is 32.2 Å². The van der Waals surface area contributed by atoms with Gasteiger partial charge in [0, 0.05) is 25.1 Å². The second-order valence-corrected chi connectivity index (χ2v) is 7.79. The van der Waals surface area contributed by atoms with E-state index in [0.717, 1.165) is 25.3 Å². The molecule has 0 unspecified atom stereocenters. The van der Waals surface area contributed by atoms with E-state index in [9.17, 15) is 24.5 Å². The Hall–Kier alpha value is -4.28. The number of rotatable bonds is 6. The number of fused-ring (bicyclic) bond motifs is 2. The standard InChI is InChI=1S/C23H22N4O7/c1-33-19-9-7-15(27(31)32)12-18(19)25-21(28)13-34-23(30)14-6-8-16-17(11-14)24-20-5-3-2-4-10-26(20)22(16)29/h6-9,11-12H,2-5,10,13H2,1H3,(H,25,28). The monoisotopic (exact) mass is 466 g/mol. The van der Waals surface area contributed by atoms with Crippen LogP contribution < -0.4 is 15.6 Å². The number of anilines is 1. The van der Waals surface area contributed by atoms with Gasteiger partial charge in [0.1, 0.15) is 11.6 Å². The number of hydrogen-bond acceptors (Lipinski definition) is 8. The first-order valence-electron chi connectivity index (χ1n) is 10.7. The first-order chi connectivity index (χ1) is 16.4. The average molecular weight is 466 g/mol. The number of aromatic nitrogens is 2. The van der Waals surface area contributed by atoms with Gasteiger partial charge in [-0.2, -0.15) is 0 Å². The number of aryl methyl sites for hydroxylation is 1. The molecule has 2 heterocycles. The van der Waals surface area contributed by atoms with Crippen LogP contribution in [-0.4, -0.2) is 40.1 Å². The van der Waals surface area contributed by atoms with Gasteiger partial charge in [-0.15, -0.1) is 0 Å². The summed E-state index contributed by atoms with van der Waals surface area (Å²) in [4.78, 5) is 52.6. The number of amides is 1. The minimum atomic E-state index is -0.764. The van der Waals surface area contributed by atoms with Crippen LogP contribution in [0.5, 0.6) is 5.75 Å². The van der Waals surface area contributed by atoms with E-state index in [-0.39, 0.29) is 28.2 Å². The Morgan fingerprint density at radius 3 is 2.76 bits per heavy atom. The number of carbonyl (C=O) groups is 2. The van der Waals surface area contributed by atoms with E-state index >= 15 is 0 Å². The van der Waals surface area contributed by atoms with E-state index in [1.165, 1.54) is 37.4 Å². The Morgan fingerprint density at radius 2 is 2.00 bits per heavy atom. The summed E-state index contributed by atoms with van der Waals surface area (Å²) in [5.41, 5.74) is 0.267. The van der Waals surface area contributed by atoms with Gasteiger partial charge in [-0.1, -0.05) is 6.42 Å². The van der Waals surface area contributed by atoms with Crippen molar-refractivity contribution in [2.75, 3.05) is 19.0 Å². The number of nitrogens with one attached hydrogen (secondary N) is 1. The van der Waals surface area contributed by atoms with Gasteiger partial charge in [0.15, 0.2) is 6.61 Å². The molecule has 0 fully saturated rings. The molecule has 0 bridgehead atoms. The Labute approximate surface area is 193 Å². The van der Waals surface area contributed by atoms with Crippen molar-refractivity contribution >= 4 is 34.2 Å². The molecule has 0 spiro atoms. The minimum absolute atomic E-state index is 0.0776. The molecule has 4 rings (SSSR count). The smallest absolute Gasteiger partial charge is 0.338 e. The summed E-state index contributed by atoms with van der Waals surface area (Å²) in [6.45, 7) is 0.00829. The topological polar surface area (TPSA) is 143 Å². The van der Waals surface area contributed by atoms with Crippen LogP contribution in [0.3, 0.4) is 0 Å². The predicted octanol–water partition coefficient (Wildman–Crippen LogP) is 2.84. The van der Waals surface area contributed by atoms with Gasteiger partial charge in [0.2, 0.25) is 0 Å². The molecule has 34 heavy (non-hydrogen) atoms. The van der Waals surface area contributed by atoms with E-state index in [0.29, 0.717) is 29.7 Å². The van der Waals surface area contributed by atoms with Crippen LogP contribution in [0.1, 0.15) is 35.4 Å². The molecule has 0 radical (unpaired) electrons. The molecule has 0 atom stereocenters. The maximum atomic E-state index is 12.8. The summed E-state index contributed by atoms with van der Waals surface area (Å²) in [6, 6.07) is 8.21. The number of nitro benzene ring substituents is 1. The molecule has 1 N–H and O–H groups in total. The SMILES string of the molecule is COc1ccc([N+](=O)[O-])cc1NC(=O)COC(=O)c1ccc2c(=O)n3c(nc2c1)CCCCC3. The van der Waals surface area contributed by atoms with Crippen molar-refractivity contribution in [3.63, 3.8) is 0 Å². The molecule has 11 heteroatoms. The third kappa shape index (κ3) is 4.72. The molecule has 1 amide bonds. The number of methoxy groups -OCH3 is 1. The highest BCUT2D eigenvalue weighted by Gasteiger charge is 2.18. The zero-order valence-electron chi connectivity index (χ0n) is 18.4. The van der Waals surface area contributed by atoms with Crippen LogP contribution >= 0.6 is 0 Å². The number of carbonyl (C=O) groups excluding carboxylic acids is 2. The molecule has 0 aliphatic carbocycles. The molecular formula is C23H22N4O7. The van der Waals surface area contributed by atoms with Gasteiger partial charge < -0.3 is 14.8 Å². The maximum absolute atomic E-state index is 12.8. The first kappa shape index (κ1) is 22.9. The minimum Gasteiger partial charge on any atom is -0.495 e. The normalized spacial score (nSPS) is 13.0. The Bertz CT molecular complexity index is 1350. The Morgan fingerprint density at radius 1 is 1.18 bits per heavy atom. The van der Waals surface area contributed by atoms with Gasteiger partial charge in [-0.05, 0) is 37.1 Å². The highest BCUT2D eigenvalue weighted by molar-refractivity contribution is 5.98. The fraction of sp³-hybridized carbons (Fsp3) is 0.304. The highest BCUT2D eigenvalue weighted by Crippen LogP contribution is 2.28. The van der Waals surface area contributed by atoms with Crippen LogP contribution in [0, 0.1) is 10.1 Å². The number of non-ortho nitro benzene ring substituents is 1. The van der Waals surface area contributed by atoms with Crippen molar-refractivity contribution in [1.82, 2.24) is 9.55 Å². The lowest BCUT2D eigenvalue weighted by atomic mass is 10.1. The number of esters is 1. The fourth-order valence-corrected chi connectivity index (χ4v) is 3.85. The maximum Gasteiger partial charge on any atom is 0.338 e. The molecule has 3 aromatic rings. The lowest BCUT2D eigenvalue weighted by Gasteiger charge is -2.11. The van der Waals surface area contributed by atoms with Gasteiger partial charge in [-0.25, -0.2) is 9.78 Å². The van der Waals surface area contributed by atoms with Crippen LogP contribution in [0.15, 0.2) is 41.2 Å². The van der Waals surface area contributed by atoms with Crippen molar-refractivity contribution in [3.8, 4) is 5.75 Å². The fourth-order valence-electron chi connectivity index (χ4n) is 3.85. The van der Waals surface area contributed by atoms with Crippen molar-refractivity contribution in [1.29, 1.82) is 0 Å². The number of nitrogens with zero attached hydrogens (tertiary/aromatic N) is 3. The van der Waals surface area contributed by atoms with Crippen LogP contribution in [0.4, 0.5) is 11.4 Å². The summed E-state index contributed by atoms with van der Waals surface area (Å²) in [5.74, 6) is -0.545. The van der Waals surface area contributed by atoms with Crippen LogP contribution in [0.25, 0.3) is 10.9 Å². The van der Waals surface area contributed by atoms with E-state index in [1.807, 2.05) is 0 Å². The molecule has 1 aromatic heterocycles. The number of ether oxygens (including phenoxy) is 2. The predicted molar refractivity (Wildman–Crippen MR) is 122 cm³/mol. The first-order valence-corrected chi connectivity index (χ1v) is 10.7. The van der Waals surface area contributed by atoms with Gasteiger partial charge in [0.25, 0.3) is 17.2 Å². The molecule has 11 nitrogen and oxygen atoms in total. The molecule has 2 aromatic carbocycles. The van der Waals surface area contributed by atoms with E-state index in [1.54, 1.807) is 4.57 Å². The zero-order chi connectivity index (χ0) is 24.2. The molecule has 1 aliphatic rings. The third-order valence-electron chi connectivity index (χ3n) is 5.55. The summed E-state index contributed by atoms with van der Waals surface area (Å²) in [5, 5.41) is 13.8. The number of benzene rings is 2. The van der Waals surface area contributed by atoms with Crippen molar-refractivity contribution in [3.05, 3.63) is 68.3 Å². The Balaban J connectivity index is 1.47. The molecule has 1 aliphatic heterocycles. The number of nitro groups is 1. The summed E-state index contributed by atoms with van der Waals surface area (Å²) in [6.07, 6.45) is 3.60. The lowest BCUT2D eigenvalue weighted by molar-refractivity contribution is -0.384. The van der Waals surface area contributed by atoms with Gasteiger partial charge in [0.05, 0.1) is 34.2 Å². The van der Waals surface area contributed by atoms with E-state index < -0.39 is 23.4 Å². The third-order valence-corrected chi connectivity index (χ3v) is 5.55. The summed E-state index contributed by atoms with van der Waals surface area (Å²) >= 11 is 0. The lowest BCUT2D eigenvalue weighted by Crippen LogP contribution is -2.25. The molecule has 0 saturated heterocycles. The Kier molecular flexibility index (Phi) is 6.53. The van der Waals surface area contributed by atoms with Gasteiger partial charge >= 0.3 is 5.97 Å². The second kappa shape index (κ2) is 9.69. The van der Waals surface area contributed by atoms with E-state index in [2.05, 4.69) is 10.3 Å². The summed E-state index contributed by atoms with van der Waals surface area (Å²) < 4.78 is 11.9. The molecular weight excluding hydrogens is 444 g/mol. The van der Waals surface area contributed by atoms with Crippen molar-refractivity contribution in [2.24, 2.45) is 0 Å². The second-order valence-electron chi connectivity index (χ2n) is 7.79. The number of hydrogen-bond donors (Lipinski definition) is 1. The largest absolute Gasteiger partial charge is 0.495 e. The van der Waals surface area contributed by atoms with Crippen molar-refractivity contribution < 1.29 is 24.0 Å². The molecule has 176 valence electrons. The van der Waals surface area contributed by atoms with E-state index in [4.69, 9.17) is 9.47 Å². The average Bonchev–Trinajstić information content (AvgIpc) is 3.08. The van der Waals surface area contributed by atoms with Crippen LogP contribution in [-0.2, 0) is 22.5 Å². The van der Waals surface area contributed by atoms with Gasteiger partial charge in [-0.3, -0.25) is 24.3 Å². The highest BCUT2D eigenvalue weighted by atomic mass is 16.6. The van der Waals surface area contributed by atoms with Crippen LogP contribution in [0.2, 0.25) is 0 Å². The molecule has 0 saturated carbocycles. The summed E-state index contributed by atoms with van der Waals surface area (Å²) in [7, 11) is 1.36. The quantitative estimate of drug-likeness (QED) is 0.332.